The number of rotatable bonds is 0. The molecule has 0 amide bonds. The Kier molecular flexibility index (Phi) is 1.82. The molecule has 0 atom stereocenters. The van der Waals surface area contributed by atoms with E-state index < -0.39 is 0 Å². The molecule has 4 heteroatoms. The molecule has 0 fully saturated rings. The molecule has 2 nitrogen and oxygen atoms in total. The van der Waals surface area contributed by atoms with E-state index in [0.717, 1.165) is 24.1 Å². The van der Waals surface area contributed by atoms with E-state index in [0.29, 0.717) is 5.15 Å². The average Bonchev–Trinajstić information content (AvgIpc) is 2.66. The number of aryl methyl sites for hydroxylation is 1. The normalized spacial score (nSPS) is 13.5. The molecule has 2 aromatic heterocycles. The van der Waals surface area contributed by atoms with E-state index in [1.807, 2.05) is 0 Å². The monoisotopic (exact) mass is 222 g/mol. The molecule has 0 saturated heterocycles. The minimum Gasteiger partial charge on any atom is -0.235 e. The average molecular weight is 223 g/mol. The van der Waals surface area contributed by atoms with Gasteiger partial charge in [0, 0.05) is 5.56 Å². The Morgan fingerprint density at radius 3 is 3.14 bits per heavy atom. The van der Waals surface area contributed by atoms with Crippen LogP contribution >= 0.6 is 22.9 Å². The predicted octanol–water partition coefficient (Wildman–Crippen LogP) is 2.96. The van der Waals surface area contributed by atoms with Crippen LogP contribution in [0.1, 0.15) is 11.1 Å². The van der Waals surface area contributed by atoms with Crippen molar-refractivity contribution in [2.75, 3.05) is 0 Å². The molecule has 0 unspecified atom stereocenters. The summed E-state index contributed by atoms with van der Waals surface area (Å²) >= 11 is 7.76. The Bertz CT molecular complexity index is 493. The van der Waals surface area contributed by atoms with Gasteiger partial charge in [-0.15, -0.1) is 11.3 Å². The fourth-order valence-electron chi connectivity index (χ4n) is 1.81. The summed E-state index contributed by atoms with van der Waals surface area (Å²) < 4.78 is 0. The summed E-state index contributed by atoms with van der Waals surface area (Å²) in [4.78, 5) is 9.58. The van der Waals surface area contributed by atoms with Gasteiger partial charge in [-0.3, -0.25) is 0 Å². The van der Waals surface area contributed by atoms with Gasteiger partial charge in [0.2, 0.25) is 0 Å². The van der Waals surface area contributed by atoms with Gasteiger partial charge in [0.1, 0.15) is 11.5 Å². The lowest BCUT2D eigenvalue weighted by Gasteiger charge is -2.14. The van der Waals surface area contributed by atoms with Crippen molar-refractivity contribution in [3.8, 4) is 10.6 Å². The summed E-state index contributed by atoms with van der Waals surface area (Å²) in [5.74, 6) is 0. The fourth-order valence-corrected chi connectivity index (χ4v) is 3.01. The van der Waals surface area contributed by atoms with E-state index in [9.17, 15) is 0 Å². The minimum absolute atomic E-state index is 0.606. The maximum Gasteiger partial charge on any atom is 0.136 e. The highest BCUT2D eigenvalue weighted by molar-refractivity contribution is 7.13. The smallest absolute Gasteiger partial charge is 0.136 e. The Morgan fingerprint density at radius 2 is 2.21 bits per heavy atom. The molecule has 0 N–H and O–H groups in total. The lowest BCUT2D eigenvalue weighted by molar-refractivity contribution is 0.918. The van der Waals surface area contributed by atoms with Gasteiger partial charge < -0.3 is 0 Å². The minimum atomic E-state index is 0.606. The summed E-state index contributed by atoms with van der Waals surface area (Å²) in [6.07, 6.45) is 3.55. The van der Waals surface area contributed by atoms with Crippen molar-refractivity contribution in [2.24, 2.45) is 0 Å². The van der Waals surface area contributed by atoms with Gasteiger partial charge in [-0.1, -0.05) is 11.6 Å². The fraction of sp³-hybridized carbons (Fsp3) is 0.200. The van der Waals surface area contributed by atoms with Crippen LogP contribution in [0.2, 0.25) is 5.15 Å². The maximum absolute atomic E-state index is 6.03. The van der Waals surface area contributed by atoms with Crippen LogP contribution in [-0.2, 0) is 12.8 Å². The topological polar surface area (TPSA) is 25.8 Å². The van der Waals surface area contributed by atoms with Crippen molar-refractivity contribution >= 4 is 22.9 Å². The molecule has 2 aromatic rings. The number of thiophene rings is 1. The van der Waals surface area contributed by atoms with Crippen molar-refractivity contribution in [3.63, 3.8) is 0 Å². The summed E-state index contributed by atoms with van der Waals surface area (Å²) in [7, 11) is 0. The predicted molar refractivity (Wildman–Crippen MR) is 57.8 cm³/mol. The molecule has 14 heavy (non-hydrogen) atoms. The highest BCUT2D eigenvalue weighted by atomic mass is 35.5. The van der Waals surface area contributed by atoms with E-state index in [-0.39, 0.29) is 0 Å². The zero-order chi connectivity index (χ0) is 9.54. The lowest BCUT2D eigenvalue weighted by atomic mass is 9.97. The van der Waals surface area contributed by atoms with Gasteiger partial charge in [-0.2, -0.15) is 0 Å². The van der Waals surface area contributed by atoms with Gasteiger partial charge in [0.15, 0.2) is 0 Å². The van der Waals surface area contributed by atoms with Gasteiger partial charge in [0.25, 0.3) is 0 Å². The van der Waals surface area contributed by atoms with Gasteiger partial charge in [0.05, 0.1) is 10.6 Å². The first kappa shape index (κ1) is 8.38. The number of nitrogens with zero attached hydrogens (tertiary/aromatic N) is 2. The molecule has 1 aliphatic rings. The molecular formula is C10H7ClN2S. The van der Waals surface area contributed by atoms with E-state index >= 15 is 0 Å². The highest BCUT2D eigenvalue weighted by Gasteiger charge is 2.20. The third-order valence-corrected chi connectivity index (χ3v) is 3.79. The van der Waals surface area contributed by atoms with Crippen LogP contribution in [0.25, 0.3) is 10.6 Å². The van der Waals surface area contributed by atoms with Gasteiger partial charge in [-0.25, -0.2) is 9.97 Å². The molecule has 0 bridgehead atoms. The van der Waals surface area contributed by atoms with Crippen LogP contribution in [0.4, 0.5) is 0 Å². The second kappa shape index (κ2) is 3.04. The molecule has 0 aromatic carbocycles. The maximum atomic E-state index is 6.03. The van der Waals surface area contributed by atoms with Crippen LogP contribution in [0.15, 0.2) is 17.8 Å². The van der Waals surface area contributed by atoms with Crippen LogP contribution in [0, 0.1) is 0 Å². The van der Waals surface area contributed by atoms with Gasteiger partial charge >= 0.3 is 0 Å². The molecule has 1 aliphatic carbocycles. The number of hydrogen-bond donors (Lipinski definition) is 0. The Labute approximate surface area is 90.6 Å². The Balaban J connectivity index is 2.31. The van der Waals surface area contributed by atoms with Crippen molar-refractivity contribution < 1.29 is 0 Å². The molecule has 2 heterocycles. The second-order valence-electron chi connectivity index (χ2n) is 3.27. The van der Waals surface area contributed by atoms with E-state index in [1.165, 1.54) is 16.8 Å². The third kappa shape index (κ3) is 1.09. The Hall–Kier alpha value is -0.930. The third-order valence-electron chi connectivity index (χ3n) is 2.50. The first-order chi connectivity index (χ1) is 6.86. The van der Waals surface area contributed by atoms with Crippen molar-refractivity contribution in [1.82, 2.24) is 9.97 Å². The molecule has 0 spiro atoms. The highest BCUT2D eigenvalue weighted by Crippen LogP contribution is 2.37. The Morgan fingerprint density at radius 1 is 1.29 bits per heavy atom. The summed E-state index contributed by atoms with van der Waals surface area (Å²) in [5.41, 5.74) is 3.52. The zero-order valence-electron chi connectivity index (χ0n) is 7.33. The largest absolute Gasteiger partial charge is 0.235 e. The van der Waals surface area contributed by atoms with Crippen molar-refractivity contribution in [2.45, 2.75) is 12.8 Å². The lowest BCUT2D eigenvalue weighted by Crippen LogP contribution is -2.04. The zero-order valence-corrected chi connectivity index (χ0v) is 8.90. The molecule has 0 radical (unpaired) electrons. The van der Waals surface area contributed by atoms with Crippen LogP contribution in [0.5, 0.6) is 0 Å². The number of aromatic nitrogens is 2. The molecule has 0 saturated carbocycles. The number of fused-ring (bicyclic) bond motifs is 3. The van der Waals surface area contributed by atoms with Gasteiger partial charge in [-0.05, 0) is 29.9 Å². The number of halogens is 1. The summed E-state index contributed by atoms with van der Waals surface area (Å²) in [6.45, 7) is 0. The number of hydrogen-bond acceptors (Lipinski definition) is 3. The van der Waals surface area contributed by atoms with Crippen molar-refractivity contribution in [3.05, 3.63) is 34.1 Å². The summed E-state index contributed by atoms with van der Waals surface area (Å²) in [6, 6.07) is 2.17. The molecule has 0 aliphatic heterocycles. The molecule has 3 rings (SSSR count). The first-order valence-corrected chi connectivity index (χ1v) is 5.68. The SMILES string of the molecule is Clc1ncnc2c1CCc1ccsc1-2. The van der Waals surface area contributed by atoms with E-state index in [4.69, 9.17) is 11.6 Å². The standard InChI is InChI=1S/C10H7ClN2S/c11-10-7-2-1-6-3-4-14-9(6)8(7)12-5-13-10/h3-5H,1-2H2. The molecule has 70 valence electrons. The molecular weight excluding hydrogens is 216 g/mol. The van der Waals surface area contributed by atoms with Crippen LogP contribution in [0.3, 0.4) is 0 Å². The van der Waals surface area contributed by atoms with E-state index in [2.05, 4.69) is 21.4 Å². The van der Waals surface area contributed by atoms with E-state index in [1.54, 1.807) is 11.3 Å². The quantitative estimate of drug-likeness (QED) is 0.641. The van der Waals surface area contributed by atoms with Crippen LogP contribution < -0.4 is 0 Å². The van der Waals surface area contributed by atoms with Crippen LogP contribution in [-0.4, -0.2) is 9.97 Å². The second-order valence-corrected chi connectivity index (χ2v) is 4.54. The first-order valence-electron chi connectivity index (χ1n) is 4.42. The van der Waals surface area contributed by atoms with Crippen molar-refractivity contribution in [1.29, 1.82) is 0 Å². The summed E-state index contributed by atoms with van der Waals surface area (Å²) in [5, 5.41) is 2.71.